The zero-order chi connectivity index (χ0) is 17.2. The highest BCUT2D eigenvalue weighted by molar-refractivity contribution is 6.74. The van der Waals surface area contributed by atoms with Gasteiger partial charge in [0.25, 0.3) is 0 Å². The van der Waals surface area contributed by atoms with E-state index in [2.05, 4.69) is 40.4 Å². The van der Waals surface area contributed by atoms with Gasteiger partial charge in [-0.25, -0.2) is 0 Å². The molecule has 0 aromatic heterocycles. The lowest BCUT2D eigenvalue weighted by Gasteiger charge is -2.39. The first kappa shape index (κ1) is 21.8. The fourth-order valence-electron chi connectivity index (χ4n) is 2.20. The van der Waals surface area contributed by atoms with E-state index < -0.39 is 8.32 Å². The Labute approximate surface area is 139 Å². The molecule has 0 amide bonds. The summed E-state index contributed by atoms with van der Waals surface area (Å²) < 4.78 is 17.0. The molecule has 0 aliphatic rings. The van der Waals surface area contributed by atoms with Gasteiger partial charge in [-0.15, -0.1) is 6.58 Å². The average molecular weight is 331 g/mol. The molecule has 0 aliphatic heterocycles. The van der Waals surface area contributed by atoms with Crippen molar-refractivity contribution in [3.8, 4) is 0 Å². The SMILES string of the molecule is C=CC[C@H](CCCCCC(OC)OC)O[Si](C)(C)C(C)(C)C. The third-order valence-electron chi connectivity index (χ3n) is 4.69. The van der Waals surface area contributed by atoms with Crippen LogP contribution < -0.4 is 0 Å². The highest BCUT2D eigenvalue weighted by Crippen LogP contribution is 2.38. The fourth-order valence-corrected chi connectivity index (χ4v) is 3.60. The molecule has 0 aromatic carbocycles. The van der Waals surface area contributed by atoms with E-state index in [0.717, 1.165) is 25.7 Å². The predicted molar refractivity (Wildman–Crippen MR) is 97.8 cm³/mol. The van der Waals surface area contributed by atoms with Crippen molar-refractivity contribution in [2.45, 2.75) is 89.8 Å². The second-order valence-corrected chi connectivity index (χ2v) is 12.3. The summed E-state index contributed by atoms with van der Waals surface area (Å²) in [6.07, 6.45) is 8.78. The maximum absolute atomic E-state index is 6.53. The first-order chi connectivity index (χ1) is 10.2. The Hall–Kier alpha value is -0.163. The largest absolute Gasteiger partial charge is 0.414 e. The number of unbranched alkanes of at least 4 members (excludes halogenated alkanes) is 2. The predicted octanol–water partition coefficient (Wildman–Crippen LogP) is 5.52. The molecular formula is C18H38O3Si. The summed E-state index contributed by atoms with van der Waals surface area (Å²) >= 11 is 0. The maximum Gasteiger partial charge on any atom is 0.192 e. The molecular weight excluding hydrogens is 292 g/mol. The summed E-state index contributed by atoms with van der Waals surface area (Å²) in [5.41, 5.74) is 0. The van der Waals surface area contributed by atoms with Crippen LogP contribution >= 0.6 is 0 Å². The molecule has 4 heteroatoms. The molecule has 0 aliphatic carbocycles. The molecule has 0 rings (SSSR count). The molecule has 0 heterocycles. The van der Waals surface area contributed by atoms with Crippen molar-refractivity contribution in [3.63, 3.8) is 0 Å². The Bertz CT molecular complexity index is 293. The monoisotopic (exact) mass is 330 g/mol. The lowest BCUT2D eigenvalue weighted by molar-refractivity contribution is -0.107. The Morgan fingerprint density at radius 1 is 1.00 bits per heavy atom. The smallest absolute Gasteiger partial charge is 0.192 e. The molecule has 1 atom stereocenters. The van der Waals surface area contributed by atoms with Crippen LogP contribution in [0.3, 0.4) is 0 Å². The number of hydrogen-bond acceptors (Lipinski definition) is 3. The molecule has 0 saturated heterocycles. The molecule has 0 bridgehead atoms. The van der Waals surface area contributed by atoms with E-state index in [9.17, 15) is 0 Å². The molecule has 132 valence electrons. The lowest BCUT2D eigenvalue weighted by Crippen LogP contribution is -2.43. The summed E-state index contributed by atoms with van der Waals surface area (Å²) in [6.45, 7) is 15.4. The van der Waals surface area contributed by atoms with Gasteiger partial charge < -0.3 is 13.9 Å². The van der Waals surface area contributed by atoms with Crippen molar-refractivity contribution in [2.24, 2.45) is 0 Å². The molecule has 0 aromatic rings. The molecule has 0 saturated carbocycles. The van der Waals surface area contributed by atoms with Gasteiger partial charge in [0, 0.05) is 20.3 Å². The Morgan fingerprint density at radius 3 is 2.00 bits per heavy atom. The third kappa shape index (κ3) is 8.46. The summed E-state index contributed by atoms with van der Waals surface area (Å²) in [5, 5.41) is 0.260. The zero-order valence-corrected chi connectivity index (χ0v) is 16.9. The van der Waals surface area contributed by atoms with E-state index >= 15 is 0 Å². The standard InChI is InChI=1S/C18H38O3Si/c1-9-13-16(21-22(7,8)18(2,3)4)14-11-10-12-15-17(19-5)20-6/h9,16-17H,1,10-15H2,2-8H3/t16-/m1/s1. The van der Waals surface area contributed by atoms with Crippen LogP contribution in [0.1, 0.15) is 59.3 Å². The fraction of sp³-hybridized carbons (Fsp3) is 0.889. The highest BCUT2D eigenvalue weighted by Gasteiger charge is 2.38. The minimum absolute atomic E-state index is 0.0625. The average Bonchev–Trinajstić information content (AvgIpc) is 2.41. The Morgan fingerprint density at radius 2 is 1.55 bits per heavy atom. The van der Waals surface area contributed by atoms with Crippen molar-refractivity contribution in [3.05, 3.63) is 12.7 Å². The van der Waals surface area contributed by atoms with Crippen LogP contribution in [0, 0.1) is 0 Å². The number of rotatable bonds is 12. The van der Waals surface area contributed by atoms with E-state index in [-0.39, 0.29) is 11.3 Å². The van der Waals surface area contributed by atoms with Crippen LogP contribution in [0.15, 0.2) is 12.7 Å². The summed E-state index contributed by atoms with van der Waals surface area (Å²) in [5.74, 6) is 0. The molecule has 0 unspecified atom stereocenters. The van der Waals surface area contributed by atoms with Crippen molar-refractivity contribution in [1.82, 2.24) is 0 Å². The Kier molecular flexibility index (Phi) is 10.5. The quantitative estimate of drug-likeness (QED) is 0.204. The minimum atomic E-state index is -1.69. The van der Waals surface area contributed by atoms with Gasteiger partial charge in [0.05, 0.1) is 0 Å². The van der Waals surface area contributed by atoms with Gasteiger partial charge in [-0.3, -0.25) is 0 Å². The van der Waals surface area contributed by atoms with Crippen molar-refractivity contribution < 1.29 is 13.9 Å². The van der Waals surface area contributed by atoms with Crippen LogP contribution in [-0.2, 0) is 13.9 Å². The second kappa shape index (κ2) is 10.6. The first-order valence-electron chi connectivity index (χ1n) is 8.52. The molecule has 3 nitrogen and oxygen atoms in total. The van der Waals surface area contributed by atoms with Crippen molar-refractivity contribution >= 4 is 8.32 Å². The normalized spacial score (nSPS) is 14.4. The third-order valence-corrected chi connectivity index (χ3v) is 9.22. The summed E-state index contributed by atoms with van der Waals surface area (Å²) in [6, 6.07) is 0. The molecule has 22 heavy (non-hydrogen) atoms. The first-order valence-corrected chi connectivity index (χ1v) is 11.4. The highest BCUT2D eigenvalue weighted by atomic mass is 28.4. The van der Waals surface area contributed by atoms with Gasteiger partial charge in [0.2, 0.25) is 0 Å². The van der Waals surface area contributed by atoms with Gasteiger partial charge in [0.1, 0.15) is 0 Å². The molecule has 0 spiro atoms. The minimum Gasteiger partial charge on any atom is -0.414 e. The van der Waals surface area contributed by atoms with Crippen LogP contribution in [-0.4, -0.2) is 34.9 Å². The van der Waals surface area contributed by atoms with Gasteiger partial charge >= 0.3 is 0 Å². The van der Waals surface area contributed by atoms with E-state index in [1.807, 2.05) is 6.08 Å². The van der Waals surface area contributed by atoms with Crippen molar-refractivity contribution in [1.29, 1.82) is 0 Å². The number of methoxy groups -OCH3 is 2. The molecule has 0 radical (unpaired) electrons. The zero-order valence-electron chi connectivity index (χ0n) is 15.9. The van der Waals surface area contributed by atoms with Gasteiger partial charge in [-0.05, 0) is 43.8 Å². The number of ether oxygens (including phenoxy) is 2. The van der Waals surface area contributed by atoms with Crippen LogP contribution in [0.4, 0.5) is 0 Å². The van der Waals surface area contributed by atoms with Crippen LogP contribution in [0.5, 0.6) is 0 Å². The number of hydrogen-bond donors (Lipinski definition) is 0. The van der Waals surface area contributed by atoms with Gasteiger partial charge in [-0.2, -0.15) is 0 Å². The van der Waals surface area contributed by atoms with Crippen LogP contribution in [0.2, 0.25) is 18.1 Å². The summed E-state index contributed by atoms with van der Waals surface area (Å²) in [7, 11) is 1.70. The second-order valence-electron chi connectivity index (χ2n) is 7.56. The van der Waals surface area contributed by atoms with E-state index in [0.29, 0.717) is 6.10 Å². The molecule has 0 N–H and O–H groups in total. The Balaban J connectivity index is 4.18. The van der Waals surface area contributed by atoms with E-state index in [4.69, 9.17) is 13.9 Å². The van der Waals surface area contributed by atoms with Crippen molar-refractivity contribution in [2.75, 3.05) is 14.2 Å². The van der Waals surface area contributed by atoms with E-state index in [1.165, 1.54) is 12.8 Å². The topological polar surface area (TPSA) is 27.7 Å². The van der Waals surface area contributed by atoms with Gasteiger partial charge in [-0.1, -0.05) is 39.7 Å². The van der Waals surface area contributed by atoms with Gasteiger partial charge in [0.15, 0.2) is 14.6 Å². The maximum atomic E-state index is 6.53. The molecule has 0 fully saturated rings. The van der Waals surface area contributed by atoms with E-state index in [1.54, 1.807) is 14.2 Å². The van der Waals surface area contributed by atoms with Crippen LogP contribution in [0.25, 0.3) is 0 Å². The summed E-state index contributed by atoms with van der Waals surface area (Å²) in [4.78, 5) is 0. The lowest BCUT2D eigenvalue weighted by atomic mass is 10.1.